The maximum absolute atomic E-state index is 12.3. The minimum absolute atomic E-state index is 0.0392. The Morgan fingerprint density at radius 2 is 0.969 bits per heavy atom. The first-order chi connectivity index (χ1) is 15.4. The van der Waals surface area contributed by atoms with Crippen molar-refractivity contribution < 1.29 is 19.1 Å². The van der Waals surface area contributed by atoms with Crippen LogP contribution in [0.25, 0.3) is 0 Å². The highest BCUT2D eigenvalue weighted by Gasteiger charge is 2.16. The van der Waals surface area contributed by atoms with E-state index in [1.165, 1.54) is 0 Å². The maximum atomic E-state index is 12.3. The van der Waals surface area contributed by atoms with Crippen LogP contribution in [-0.2, 0) is 9.47 Å². The summed E-state index contributed by atoms with van der Waals surface area (Å²) in [5.74, 6) is -0.476. The van der Waals surface area contributed by atoms with Crippen molar-refractivity contribution in [1.29, 1.82) is 0 Å². The average molecular weight is 439 g/mol. The van der Waals surface area contributed by atoms with Crippen LogP contribution in [0.5, 0.6) is 0 Å². The quantitative estimate of drug-likeness (QED) is 0.245. The second-order valence-corrected chi connectivity index (χ2v) is 8.59. The SMILES string of the molecule is CCC(CCCCCCC(CC)OC(=O)c1ccc(C)cc1)OC(=O)c1ccc(C)cc1. The molecule has 0 saturated carbocycles. The third kappa shape index (κ3) is 8.86. The van der Waals surface area contributed by atoms with Gasteiger partial charge in [-0.25, -0.2) is 9.59 Å². The van der Waals surface area contributed by atoms with Crippen LogP contribution in [0.1, 0.15) is 97.1 Å². The van der Waals surface area contributed by atoms with Gasteiger partial charge < -0.3 is 9.47 Å². The molecule has 0 spiro atoms. The Kier molecular flexibility index (Phi) is 11.0. The highest BCUT2D eigenvalue weighted by molar-refractivity contribution is 5.90. The van der Waals surface area contributed by atoms with Crippen molar-refractivity contribution in [3.63, 3.8) is 0 Å². The van der Waals surface area contributed by atoms with E-state index < -0.39 is 0 Å². The zero-order valence-corrected chi connectivity index (χ0v) is 20.1. The molecule has 2 aromatic rings. The molecule has 0 radical (unpaired) electrons. The van der Waals surface area contributed by atoms with Gasteiger partial charge in [0.1, 0.15) is 12.2 Å². The monoisotopic (exact) mass is 438 g/mol. The van der Waals surface area contributed by atoms with Gasteiger partial charge in [0, 0.05) is 0 Å². The van der Waals surface area contributed by atoms with Crippen LogP contribution in [0.3, 0.4) is 0 Å². The molecular weight excluding hydrogens is 400 g/mol. The van der Waals surface area contributed by atoms with Gasteiger partial charge in [-0.3, -0.25) is 0 Å². The van der Waals surface area contributed by atoms with Gasteiger partial charge in [-0.2, -0.15) is 0 Å². The second-order valence-electron chi connectivity index (χ2n) is 8.59. The van der Waals surface area contributed by atoms with Crippen molar-refractivity contribution in [2.45, 2.75) is 91.3 Å². The molecule has 4 nitrogen and oxygen atoms in total. The van der Waals surface area contributed by atoms with E-state index in [2.05, 4.69) is 13.8 Å². The molecule has 2 atom stereocenters. The van der Waals surface area contributed by atoms with E-state index >= 15 is 0 Å². The molecular formula is C28H38O4. The molecule has 0 N–H and O–H groups in total. The fraction of sp³-hybridized carbons (Fsp3) is 0.500. The van der Waals surface area contributed by atoms with E-state index in [-0.39, 0.29) is 24.1 Å². The molecule has 0 aliphatic carbocycles. The highest BCUT2D eigenvalue weighted by atomic mass is 16.5. The molecule has 4 heteroatoms. The Labute approximate surface area is 193 Å². The van der Waals surface area contributed by atoms with Crippen LogP contribution < -0.4 is 0 Å². The van der Waals surface area contributed by atoms with E-state index in [0.29, 0.717) is 11.1 Å². The molecule has 174 valence electrons. The fourth-order valence-corrected chi connectivity index (χ4v) is 3.61. The number of carbonyl (C=O) groups excluding carboxylic acids is 2. The standard InChI is InChI=1S/C28H38O4/c1-5-25(31-27(29)23-17-13-21(3)14-18-23)11-9-7-8-10-12-26(6-2)32-28(30)24-19-15-22(4)16-20-24/h13-20,25-26H,5-12H2,1-4H3. The average Bonchev–Trinajstić information content (AvgIpc) is 2.80. The predicted molar refractivity (Wildman–Crippen MR) is 129 cm³/mol. The molecule has 32 heavy (non-hydrogen) atoms. The molecule has 0 fully saturated rings. The number of aryl methyl sites for hydroxylation is 2. The Morgan fingerprint density at radius 3 is 1.28 bits per heavy atom. The summed E-state index contributed by atoms with van der Waals surface area (Å²) in [5, 5.41) is 0. The largest absolute Gasteiger partial charge is 0.459 e. The summed E-state index contributed by atoms with van der Waals surface area (Å²) < 4.78 is 11.4. The van der Waals surface area contributed by atoms with Crippen LogP contribution in [0.2, 0.25) is 0 Å². The minimum Gasteiger partial charge on any atom is -0.459 e. The van der Waals surface area contributed by atoms with Gasteiger partial charge >= 0.3 is 11.9 Å². The summed E-state index contributed by atoms with van der Waals surface area (Å²) in [7, 11) is 0. The van der Waals surface area contributed by atoms with Gasteiger partial charge in [-0.1, -0.05) is 62.1 Å². The zero-order valence-electron chi connectivity index (χ0n) is 20.1. The number of hydrogen-bond acceptors (Lipinski definition) is 4. The summed E-state index contributed by atoms with van der Waals surface area (Å²) >= 11 is 0. The van der Waals surface area contributed by atoms with Crippen LogP contribution in [-0.4, -0.2) is 24.1 Å². The summed E-state index contributed by atoms with van der Waals surface area (Å²) in [6, 6.07) is 15.0. The lowest BCUT2D eigenvalue weighted by atomic mass is 10.0. The van der Waals surface area contributed by atoms with Crippen molar-refractivity contribution in [1.82, 2.24) is 0 Å². The summed E-state index contributed by atoms with van der Waals surface area (Å²) in [4.78, 5) is 24.6. The number of hydrogen-bond donors (Lipinski definition) is 0. The third-order valence-corrected chi connectivity index (χ3v) is 5.83. The van der Waals surface area contributed by atoms with E-state index in [9.17, 15) is 9.59 Å². The third-order valence-electron chi connectivity index (χ3n) is 5.83. The number of carbonyl (C=O) groups is 2. The van der Waals surface area contributed by atoms with Gasteiger partial charge in [0.15, 0.2) is 0 Å². The first kappa shape index (κ1) is 25.6. The van der Waals surface area contributed by atoms with E-state index in [1.807, 2.05) is 62.4 Å². The molecule has 2 rings (SSSR count). The van der Waals surface area contributed by atoms with Gasteiger partial charge in [-0.15, -0.1) is 0 Å². The smallest absolute Gasteiger partial charge is 0.338 e. The van der Waals surface area contributed by atoms with Gasteiger partial charge in [-0.05, 0) is 76.6 Å². The number of unbranched alkanes of at least 4 members (excludes halogenated alkanes) is 3. The van der Waals surface area contributed by atoms with Crippen molar-refractivity contribution >= 4 is 11.9 Å². The van der Waals surface area contributed by atoms with Crippen LogP contribution in [0.15, 0.2) is 48.5 Å². The Morgan fingerprint density at radius 1 is 0.625 bits per heavy atom. The maximum Gasteiger partial charge on any atom is 0.338 e. The zero-order chi connectivity index (χ0) is 23.3. The topological polar surface area (TPSA) is 52.6 Å². The Hall–Kier alpha value is -2.62. The van der Waals surface area contributed by atoms with Gasteiger partial charge in [0.2, 0.25) is 0 Å². The second kappa shape index (κ2) is 13.7. The molecule has 0 bridgehead atoms. The predicted octanol–water partition coefficient (Wildman–Crippen LogP) is 7.22. The van der Waals surface area contributed by atoms with Crippen molar-refractivity contribution in [2.24, 2.45) is 0 Å². The highest BCUT2D eigenvalue weighted by Crippen LogP contribution is 2.17. The molecule has 0 aliphatic rings. The van der Waals surface area contributed by atoms with Crippen LogP contribution in [0.4, 0.5) is 0 Å². The van der Waals surface area contributed by atoms with Crippen molar-refractivity contribution in [3.05, 3.63) is 70.8 Å². The summed E-state index contributed by atoms with van der Waals surface area (Å²) in [6.07, 6.45) is 7.56. The van der Waals surface area contributed by atoms with Gasteiger partial charge in [0.05, 0.1) is 11.1 Å². The Balaban J connectivity index is 1.63. The first-order valence-electron chi connectivity index (χ1n) is 12.0. The normalized spacial score (nSPS) is 12.8. The lowest BCUT2D eigenvalue weighted by Crippen LogP contribution is -2.18. The van der Waals surface area contributed by atoms with E-state index in [4.69, 9.17) is 9.47 Å². The Bertz CT molecular complexity index is 752. The minimum atomic E-state index is -0.238. The van der Waals surface area contributed by atoms with Crippen molar-refractivity contribution in [2.75, 3.05) is 0 Å². The molecule has 2 unspecified atom stereocenters. The first-order valence-corrected chi connectivity index (χ1v) is 12.0. The number of esters is 2. The number of rotatable bonds is 13. The summed E-state index contributed by atoms with van der Waals surface area (Å²) in [5.41, 5.74) is 3.48. The van der Waals surface area contributed by atoms with E-state index in [1.54, 1.807) is 0 Å². The van der Waals surface area contributed by atoms with Crippen LogP contribution in [0, 0.1) is 13.8 Å². The van der Waals surface area contributed by atoms with E-state index in [0.717, 1.165) is 62.5 Å². The lowest BCUT2D eigenvalue weighted by Gasteiger charge is -2.17. The number of benzene rings is 2. The van der Waals surface area contributed by atoms with Crippen molar-refractivity contribution in [3.8, 4) is 0 Å². The summed E-state index contributed by atoms with van der Waals surface area (Å²) in [6.45, 7) is 8.12. The molecule has 2 aromatic carbocycles. The molecule has 0 heterocycles. The molecule has 0 aromatic heterocycles. The van der Waals surface area contributed by atoms with Crippen LogP contribution >= 0.6 is 0 Å². The van der Waals surface area contributed by atoms with Gasteiger partial charge in [0.25, 0.3) is 0 Å². The molecule has 0 amide bonds. The lowest BCUT2D eigenvalue weighted by molar-refractivity contribution is 0.0248. The molecule has 0 saturated heterocycles. The fourth-order valence-electron chi connectivity index (χ4n) is 3.61. The molecule has 0 aliphatic heterocycles. The number of ether oxygens (including phenoxy) is 2.